The molecule has 0 atom stereocenters. The van der Waals surface area contributed by atoms with Gasteiger partial charge in [0.1, 0.15) is 17.2 Å². The maximum absolute atomic E-state index is 11.9. The molecular formula is C17H28N3O7S+. The first kappa shape index (κ1) is 24.3. The lowest BCUT2D eigenvalue weighted by Crippen LogP contribution is -2.15. The molecule has 0 aromatic heterocycles. The smallest absolute Gasteiger partial charge is 0.297 e. The van der Waals surface area contributed by atoms with Crippen molar-refractivity contribution < 1.29 is 31.5 Å². The van der Waals surface area contributed by atoms with Crippen LogP contribution in [0, 0.1) is 12.5 Å². The van der Waals surface area contributed by atoms with E-state index in [0.717, 1.165) is 5.56 Å². The molecule has 0 heterocycles. The molecule has 10 nitrogen and oxygen atoms in total. The standard InChI is InChI=1S/C17H28N3O7S/c1-16-2-4-17(5-3-16)28(21,22)27-15-14-26-13-12-25-11-10-24-9-8-23-7-6-19-20-18/h2-5,18H,6-15H2,1H3/q+1. The average molecular weight is 418 g/mol. The molecule has 0 amide bonds. The maximum atomic E-state index is 11.9. The molecule has 1 rings (SSSR count). The van der Waals surface area contributed by atoms with Crippen molar-refractivity contribution in [1.29, 1.82) is 5.53 Å². The van der Waals surface area contributed by atoms with Gasteiger partial charge in [-0.1, -0.05) is 17.7 Å². The average Bonchev–Trinajstić information content (AvgIpc) is 2.68. The highest BCUT2D eigenvalue weighted by molar-refractivity contribution is 7.86. The van der Waals surface area contributed by atoms with Crippen molar-refractivity contribution >= 4 is 10.1 Å². The highest BCUT2D eigenvalue weighted by atomic mass is 32.2. The topological polar surface area (TPSA) is 131 Å². The Morgan fingerprint density at radius 2 is 1.29 bits per heavy atom. The number of aryl methyl sites for hydroxylation is 1. The first-order valence-electron chi connectivity index (χ1n) is 8.86. The van der Waals surface area contributed by atoms with Crippen LogP contribution < -0.4 is 4.91 Å². The van der Waals surface area contributed by atoms with Gasteiger partial charge in [0.2, 0.25) is 4.91 Å². The number of nitrogens with zero attached hydrogens (tertiary/aromatic N) is 2. The summed E-state index contributed by atoms with van der Waals surface area (Å²) in [5, 5.41) is 3.45. The number of nitrogens with one attached hydrogen (secondary N) is 1. The van der Waals surface area contributed by atoms with Crippen molar-refractivity contribution in [3.8, 4) is 0 Å². The van der Waals surface area contributed by atoms with Crippen molar-refractivity contribution in [3.63, 3.8) is 0 Å². The van der Waals surface area contributed by atoms with Gasteiger partial charge in [-0.3, -0.25) is 4.18 Å². The molecule has 0 saturated carbocycles. The molecule has 0 aliphatic heterocycles. The zero-order valence-electron chi connectivity index (χ0n) is 16.0. The van der Waals surface area contributed by atoms with E-state index in [0.29, 0.717) is 52.8 Å². The van der Waals surface area contributed by atoms with Crippen LogP contribution in [-0.2, 0) is 33.2 Å². The molecule has 1 aromatic rings. The van der Waals surface area contributed by atoms with E-state index in [1.54, 1.807) is 12.1 Å². The third kappa shape index (κ3) is 11.9. The fourth-order valence-electron chi connectivity index (χ4n) is 1.89. The lowest BCUT2D eigenvalue weighted by molar-refractivity contribution is -0.00372. The van der Waals surface area contributed by atoms with Gasteiger partial charge in [-0.25, -0.2) is 0 Å². The van der Waals surface area contributed by atoms with Crippen LogP contribution >= 0.6 is 0 Å². The van der Waals surface area contributed by atoms with Crippen LogP contribution in [0.3, 0.4) is 0 Å². The minimum Gasteiger partial charge on any atom is -0.377 e. The first-order chi connectivity index (χ1) is 13.6. The number of benzene rings is 1. The number of ether oxygens (including phenoxy) is 4. The van der Waals surface area contributed by atoms with E-state index < -0.39 is 10.1 Å². The number of hydrogen-bond acceptors (Lipinski definition) is 9. The van der Waals surface area contributed by atoms with E-state index in [1.165, 1.54) is 12.1 Å². The summed E-state index contributed by atoms with van der Waals surface area (Å²) in [7, 11) is -3.75. The van der Waals surface area contributed by atoms with Crippen LogP contribution in [0.15, 0.2) is 34.3 Å². The molecule has 1 aromatic carbocycles. The lowest BCUT2D eigenvalue weighted by Gasteiger charge is -2.08. The van der Waals surface area contributed by atoms with Gasteiger partial charge in [0.15, 0.2) is 0 Å². The summed E-state index contributed by atoms with van der Waals surface area (Å²) in [5.74, 6) is 0. The van der Waals surface area contributed by atoms with Gasteiger partial charge >= 0.3 is 0 Å². The summed E-state index contributed by atoms with van der Waals surface area (Å²) in [6.07, 6.45) is 0. The minimum absolute atomic E-state index is 0.0531. The van der Waals surface area contributed by atoms with Crippen LogP contribution in [0.1, 0.15) is 5.56 Å². The van der Waals surface area contributed by atoms with Crippen LogP contribution in [0.25, 0.3) is 0 Å². The fraction of sp³-hybridized carbons (Fsp3) is 0.647. The maximum Gasteiger partial charge on any atom is 0.297 e. The highest BCUT2D eigenvalue weighted by Gasteiger charge is 2.14. The Morgan fingerprint density at radius 1 is 0.821 bits per heavy atom. The Labute approximate surface area is 165 Å². The SMILES string of the molecule is Cc1ccc(S(=O)(=O)OCCOCCOCCOCCOCCN=[N+]=N)cc1. The van der Waals surface area contributed by atoms with Gasteiger partial charge < -0.3 is 18.9 Å². The predicted molar refractivity (Wildman–Crippen MR) is 99.7 cm³/mol. The van der Waals surface area contributed by atoms with Crippen molar-refractivity contribution in [2.75, 3.05) is 66.0 Å². The van der Waals surface area contributed by atoms with Gasteiger partial charge in [-0.05, 0) is 19.1 Å². The molecular weight excluding hydrogens is 390 g/mol. The lowest BCUT2D eigenvalue weighted by atomic mass is 10.2. The molecule has 0 bridgehead atoms. The van der Waals surface area contributed by atoms with Gasteiger partial charge in [-0.15, -0.1) is 0 Å². The Balaban J connectivity index is 1.90. The molecule has 0 unspecified atom stereocenters. The zero-order valence-corrected chi connectivity index (χ0v) is 16.9. The summed E-state index contributed by atoms with van der Waals surface area (Å²) in [4.78, 5) is 2.99. The molecule has 0 spiro atoms. The van der Waals surface area contributed by atoms with Crippen molar-refractivity contribution in [3.05, 3.63) is 29.8 Å². The van der Waals surface area contributed by atoms with E-state index >= 15 is 0 Å². The predicted octanol–water partition coefficient (Wildman–Crippen LogP) is 1.32. The summed E-state index contributed by atoms with van der Waals surface area (Å²) in [5.41, 5.74) is 7.44. The normalized spacial score (nSPS) is 11.3. The number of hydrogen-bond donors (Lipinski definition) is 1. The summed E-state index contributed by atoms with van der Waals surface area (Å²) in [6.45, 7) is 5.24. The van der Waals surface area contributed by atoms with Crippen LogP contribution in [-0.4, -0.2) is 74.4 Å². The van der Waals surface area contributed by atoms with E-state index in [1.807, 2.05) is 6.92 Å². The molecule has 11 heteroatoms. The summed E-state index contributed by atoms with van der Waals surface area (Å²) in [6, 6.07) is 6.46. The molecule has 0 aliphatic carbocycles. The first-order valence-corrected chi connectivity index (χ1v) is 10.3. The third-order valence-electron chi connectivity index (χ3n) is 3.30. The Morgan fingerprint density at radius 3 is 1.79 bits per heavy atom. The molecule has 0 saturated heterocycles. The van der Waals surface area contributed by atoms with Crippen LogP contribution in [0.2, 0.25) is 0 Å². The molecule has 1 N–H and O–H groups in total. The Kier molecular flexibility index (Phi) is 13.2. The third-order valence-corrected chi connectivity index (χ3v) is 4.62. The zero-order chi connectivity index (χ0) is 20.5. The molecule has 28 heavy (non-hydrogen) atoms. The van der Waals surface area contributed by atoms with Crippen LogP contribution in [0.5, 0.6) is 0 Å². The van der Waals surface area contributed by atoms with E-state index in [-0.39, 0.29) is 18.1 Å². The van der Waals surface area contributed by atoms with Gasteiger partial charge in [0, 0.05) is 0 Å². The monoisotopic (exact) mass is 418 g/mol. The van der Waals surface area contributed by atoms with Crippen molar-refractivity contribution in [2.45, 2.75) is 11.8 Å². The van der Waals surface area contributed by atoms with Gasteiger partial charge in [0.25, 0.3) is 10.1 Å². The van der Waals surface area contributed by atoms with E-state index in [9.17, 15) is 8.42 Å². The van der Waals surface area contributed by atoms with E-state index in [4.69, 9.17) is 28.7 Å². The second-order valence-electron chi connectivity index (χ2n) is 5.50. The van der Waals surface area contributed by atoms with Crippen molar-refractivity contribution in [2.24, 2.45) is 5.11 Å². The van der Waals surface area contributed by atoms with Gasteiger partial charge in [-0.2, -0.15) is 8.42 Å². The second kappa shape index (κ2) is 15.2. The molecule has 158 valence electrons. The summed E-state index contributed by atoms with van der Waals surface area (Å²) >= 11 is 0. The number of rotatable bonds is 17. The minimum atomic E-state index is -3.75. The largest absolute Gasteiger partial charge is 0.377 e. The van der Waals surface area contributed by atoms with Crippen molar-refractivity contribution in [1.82, 2.24) is 4.91 Å². The van der Waals surface area contributed by atoms with E-state index in [2.05, 4.69) is 10.0 Å². The fourth-order valence-corrected chi connectivity index (χ4v) is 2.79. The quantitative estimate of drug-likeness (QED) is 0.175. The molecule has 0 fully saturated rings. The highest BCUT2D eigenvalue weighted by Crippen LogP contribution is 2.12. The Bertz CT molecular complexity index is 676. The second-order valence-corrected chi connectivity index (χ2v) is 7.12. The van der Waals surface area contributed by atoms with Gasteiger partial charge in [0.05, 0.1) is 64.4 Å². The summed E-state index contributed by atoms with van der Waals surface area (Å²) < 4.78 is 49.9. The Hall–Kier alpha value is -1.72. The molecule has 0 aliphatic rings. The molecule has 0 radical (unpaired) electrons. The van der Waals surface area contributed by atoms with Crippen LogP contribution in [0.4, 0.5) is 0 Å².